The number of hydrogen-bond acceptors (Lipinski definition) is 3. The predicted molar refractivity (Wildman–Crippen MR) is 70.0 cm³/mol. The molecule has 3 heteroatoms. The normalized spacial score (nSPS) is 12.8. The number of methoxy groups -OCH3 is 1. The highest BCUT2D eigenvalue weighted by molar-refractivity contribution is 5.28. The summed E-state index contributed by atoms with van der Waals surface area (Å²) in [5, 5.41) is 0. The molecule has 0 fully saturated rings. The molecule has 1 unspecified atom stereocenters. The number of benzene rings is 1. The van der Waals surface area contributed by atoms with Gasteiger partial charge in [0.25, 0.3) is 0 Å². The molecule has 1 atom stereocenters. The van der Waals surface area contributed by atoms with Crippen LogP contribution in [-0.4, -0.2) is 13.7 Å². The Balaban J connectivity index is 2.53. The fraction of sp³-hybridized carbons (Fsp3) is 0.571. The molecular formula is C14H23NO2. The van der Waals surface area contributed by atoms with Crippen molar-refractivity contribution in [2.45, 2.75) is 33.2 Å². The van der Waals surface area contributed by atoms with Crippen LogP contribution in [0.15, 0.2) is 24.3 Å². The molecule has 1 rings (SSSR count). The smallest absolute Gasteiger partial charge is 0.118 e. The Morgan fingerprint density at radius 1 is 1.18 bits per heavy atom. The predicted octanol–water partition coefficient (Wildman–Crippen LogP) is 3.32. The van der Waals surface area contributed by atoms with Crippen LogP contribution in [0.5, 0.6) is 5.75 Å². The van der Waals surface area contributed by atoms with Gasteiger partial charge in [-0.3, -0.25) is 0 Å². The Kier molecular flexibility index (Phi) is 6.01. The average Bonchev–Trinajstić information content (AvgIpc) is 2.34. The SMILES string of the molecule is CCC(NOCC(C)C)c1ccc(OC)cc1. The van der Waals surface area contributed by atoms with E-state index < -0.39 is 0 Å². The molecule has 0 amide bonds. The first-order valence-electron chi connectivity index (χ1n) is 6.18. The third-order valence-corrected chi connectivity index (χ3v) is 2.57. The second-order valence-electron chi connectivity index (χ2n) is 4.56. The molecule has 0 saturated carbocycles. The van der Waals surface area contributed by atoms with Gasteiger partial charge in [-0.15, -0.1) is 0 Å². The molecule has 0 spiro atoms. The van der Waals surface area contributed by atoms with Gasteiger partial charge in [0.1, 0.15) is 5.75 Å². The van der Waals surface area contributed by atoms with E-state index in [1.54, 1.807) is 7.11 Å². The summed E-state index contributed by atoms with van der Waals surface area (Å²) in [6.07, 6.45) is 0.991. The van der Waals surface area contributed by atoms with Crippen molar-refractivity contribution in [1.82, 2.24) is 5.48 Å². The van der Waals surface area contributed by atoms with Gasteiger partial charge in [-0.1, -0.05) is 32.9 Å². The molecule has 0 radical (unpaired) electrons. The second-order valence-corrected chi connectivity index (χ2v) is 4.56. The first kappa shape index (κ1) is 14.0. The summed E-state index contributed by atoms with van der Waals surface area (Å²) < 4.78 is 5.14. The summed E-state index contributed by atoms with van der Waals surface area (Å²) in [5.41, 5.74) is 4.33. The summed E-state index contributed by atoms with van der Waals surface area (Å²) >= 11 is 0. The minimum Gasteiger partial charge on any atom is -0.497 e. The summed E-state index contributed by atoms with van der Waals surface area (Å²) in [6.45, 7) is 7.14. The van der Waals surface area contributed by atoms with Gasteiger partial charge in [-0.2, -0.15) is 5.48 Å². The molecule has 0 heterocycles. The van der Waals surface area contributed by atoms with Crippen LogP contribution in [0, 0.1) is 5.92 Å². The highest BCUT2D eigenvalue weighted by Crippen LogP contribution is 2.20. The van der Waals surface area contributed by atoms with E-state index in [2.05, 4.69) is 38.4 Å². The summed E-state index contributed by atoms with van der Waals surface area (Å²) in [6, 6.07) is 8.32. The topological polar surface area (TPSA) is 30.5 Å². The fourth-order valence-corrected chi connectivity index (χ4v) is 1.54. The quantitative estimate of drug-likeness (QED) is 0.738. The zero-order chi connectivity index (χ0) is 12.7. The van der Waals surface area contributed by atoms with Gasteiger partial charge in [0.2, 0.25) is 0 Å². The van der Waals surface area contributed by atoms with Crippen molar-refractivity contribution in [1.29, 1.82) is 0 Å². The van der Waals surface area contributed by atoms with Crippen molar-refractivity contribution < 1.29 is 9.57 Å². The maximum Gasteiger partial charge on any atom is 0.118 e. The lowest BCUT2D eigenvalue weighted by Crippen LogP contribution is -2.23. The molecule has 1 N–H and O–H groups in total. The van der Waals surface area contributed by atoms with Crippen molar-refractivity contribution >= 4 is 0 Å². The maximum absolute atomic E-state index is 5.48. The summed E-state index contributed by atoms with van der Waals surface area (Å²) in [4.78, 5) is 5.48. The average molecular weight is 237 g/mol. The van der Waals surface area contributed by atoms with Gasteiger partial charge < -0.3 is 9.57 Å². The monoisotopic (exact) mass is 237 g/mol. The molecule has 1 aromatic carbocycles. The van der Waals surface area contributed by atoms with Crippen molar-refractivity contribution in [2.75, 3.05) is 13.7 Å². The van der Waals surface area contributed by atoms with Gasteiger partial charge in [0.05, 0.1) is 19.8 Å². The highest BCUT2D eigenvalue weighted by Gasteiger charge is 2.09. The van der Waals surface area contributed by atoms with E-state index in [-0.39, 0.29) is 6.04 Å². The van der Waals surface area contributed by atoms with Gasteiger partial charge in [0.15, 0.2) is 0 Å². The van der Waals surface area contributed by atoms with Crippen molar-refractivity contribution in [3.8, 4) is 5.75 Å². The van der Waals surface area contributed by atoms with Gasteiger partial charge in [0, 0.05) is 0 Å². The molecule has 0 aliphatic heterocycles. The van der Waals surface area contributed by atoms with Crippen LogP contribution in [0.1, 0.15) is 38.8 Å². The number of hydrogen-bond donors (Lipinski definition) is 1. The molecule has 0 saturated heterocycles. The van der Waals surface area contributed by atoms with Crippen molar-refractivity contribution in [2.24, 2.45) is 5.92 Å². The molecule has 0 bridgehead atoms. The molecule has 0 aliphatic rings. The van der Waals surface area contributed by atoms with E-state index in [0.29, 0.717) is 5.92 Å². The van der Waals surface area contributed by atoms with Gasteiger partial charge in [-0.25, -0.2) is 0 Å². The molecule has 0 aromatic heterocycles. The van der Waals surface area contributed by atoms with Gasteiger partial charge >= 0.3 is 0 Å². The van der Waals surface area contributed by atoms with E-state index in [0.717, 1.165) is 18.8 Å². The van der Waals surface area contributed by atoms with E-state index in [1.807, 2.05) is 12.1 Å². The Morgan fingerprint density at radius 2 is 1.82 bits per heavy atom. The van der Waals surface area contributed by atoms with Crippen LogP contribution in [0.2, 0.25) is 0 Å². The Bertz CT molecular complexity index is 309. The van der Waals surface area contributed by atoms with E-state index in [4.69, 9.17) is 9.57 Å². The van der Waals surface area contributed by atoms with Crippen LogP contribution in [0.25, 0.3) is 0 Å². The molecule has 1 aromatic rings. The lowest BCUT2D eigenvalue weighted by atomic mass is 10.1. The van der Waals surface area contributed by atoms with Crippen LogP contribution in [0.4, 0.5) is 0 Å². The number of rotatable bonds is 7. The number of nitrogens with one attached hydrogen (secondary N) is 1. The van der Waals surface area contributed by atoms with E-state index in [9.17, 15) is 0 Å². The van der Waals surface area contributed by atoms with Gasteiger partial charge in [-0.05, 0) is 30.0 Å². The summed E-state index contributed by atoms with van der Waals surface area (Å²) in [7, 11) is 1.68. The molecule has 17 heavy (non-hydrogen) atoms. The zero-order valence-corrected chi connectivity index (χ0v) is 11.2. The Morgan fingerprint density at radius 3 is 2.29 bits per heavy atom. The minimum atomic E-state index is 0.236. The van der Waals surface area contributed by atoms with Crippen LogP contribution >= 0.6 is 0 Å². The lowest BCUT2D eigenvalue weighted by Gasteiger charge is -2.18. The standard InChI is InChI=1S/C14H23NO2/c1-5-14(15-17-10-11(2)3)12-6-8-13(16-4)9-7-12/h6-9,11,14-15H,5,10H2,1-4H3. The Hall–Kier alpha value is -1.06. The Labute approximate surface area is 104 Å². The first-order valence-corrected chi connectivity index (χ1v) is 6.18. The van der Waals surface area contributed by atoms with Crippen molar-refractivity contribution in [3.63, 3.8) is 0 Å². The van der Waals surface area contributed by atoms with E-state index >= 15 is 0 Å². The largest absolute Gasteiger partial charge is 0.497 e. The second kappa shape index (κ2) is 7.30. The summed E-state index contributed by atoms with van der Waals surface area (Å²) in [5.74, 6) is 1.42. The third kappa shape index (κ3) is 4.75. The van der Waals surface area contributed by atoms with Crippen molar-refractivity contribution in [3.05, 3.63) is 29.8 Å². The van der Waals surface area contributed by atoms with Crippen LogP contribution in [0.3, 0.4) is 0 Å². The molecular weight excluding hydrogens is 214 g/mol. The highest BCUT2D eigenvalue weighted by atomic mass is 16.6. The third-order valence-electron chi connectivity index (χ3n) is 2.57. The zero-order valence-electron chi connectivity index (χ0n) is 11.2. The van der Waals surface area contributed by atoms with E-state index in [1.165, 1.54) is 5.56 Å². The number of hydroxylamine groups is 1. The molecule has 3 nitrogen and oxygen atoms in total. The first-order chi connectivity index (χ1) is 8.17. The fourth-order valence-electron chi connectivity index (χ4n) is 1.54. The van der Waals surface area contributed by atoms with Crippen LogP contribution < -0.4 is 10.2 Å². The minimum absolute atomic E-state index is 0.236. The van der Waals surface area contributed by atoms with Crippen LogP contribution in [-0.2, 0) is 4.84 Å². The molecule has 0 aliphatic carbocycles. The lowest BCUT2D eigenvalue weighted by molar-refractivity contribution is -0.000589. The molecule has 96 valence electrons. The number of ether oxygens (including phenoxy) is 1. The maximum atomic E-state index is 5.48.